The fraction of sp³-hybridized carbons (Fsp3) is 0.250. The molecule has 0 spiro atoms. The van der Waals surface area contributed by atoms with Crippen LogP contribution in [-0.4, -0.2) is 26.5 Å². The maximum absolute atomic E-state index is 5.73. The zero-order chi connectivity index (χ0) is 13.1. The highest BCUT2D eigenvalue weighted by Crippen LogP contribution is 2.41. The van der Waals surface area contributed by atoms with Crippen molar-refractivity contribution in [2.24, 2.45) is 0 Å². The summed E-state index contributed by atoms with van der Waals surface area (Å²) in [5.74, 6) is 2.05. The van der Waals surface area contributed by atoms with Gasteiger partial charge in [-0.05, 0) is 6.07 Å². The molecular formula is C12H14N2O4. The van der Waals surface area contributed by atoms with Crippen LogP contribution in [0, 0.1) is 0 Å². The second kappa shape index (κ2) is 4.87. The first-order valence-corrected chi connectivity index (χ1v) is 5.21. The summed E-state index contributed by atoms with van der Waals surface area (Å²) in [7, 11) is 4.68. The van der Waals surface area contributed by atoms with Crippen LogP contribution in [0.2, 0.25) is 0 Å². The van der Waals surface area contributed by atoms with Crippen molar-refractivity contribution < 1.29 is 18.7 Å². The maximum Gasteiger partial charge on any atom is 0.174 e. The number of nitrogens with two attached hydrogens (primary N) is 1. The van der Waals surface area contributed by atoms with Crippen molar-refractivity contribution in [3.8, 4) is 28.4 Å². The van der Waals surface area contributed by atoms with E-state index in [1.54, 1.807) is 33.5 Å². The highest BCUT2D eigenvalue weighted by Gasteiger charge is 2.17. The van der Waals surface area contributed by atoms with Crippen LogP contribution < -0.4 is 19.9 Å². The topological polar surface area (TPSA) is 79.7 Å². The van der Waals surface area contributed by atoms with Crippen LogP contribution in [-0.2, 0) is 0 Å². The van der Waals surface area contributed by atoms with Crippen molar-refractivity contribution in [3.05, 3.63) is 18.4 Å². The molecule has 0 saturated carbocycles. The number of aromatic nitrogens is 1. The van der Waals surface area contributed by atoms with Gasteiger partial charge in [0.05, 0.1) is 26.9 Å². The summed E-state index contributed by atoms with van der Waals surface area (Å²) in [4.78, 5) is 0. The summed E-state index contributed by atoms with van der Waals surface area (Å²) < 4.78 is 20.6. The number of rotatable bonds is 4. The predicted octanol–water partition coefficient (Wildman–Crippen LogP) is 1.95. The van der Waals surface area contributed by atoms with Crippen molar-refractivity contribution in [2.75, 3.05) is 27.1 Å². The summed E-state index contributed by atoms with van der Waals surface area (Å²) in [6.45, 7) is 0. The van der Waals surface area contributed by atoms with Crippen molar-refractivity contribution in [1.82, 2.24) is 5.16 Å². The van der Waals surface area contributed by atoms with E-state index < -0.39 is 0 Å². The Bertz CT molecular complexity index is 551. The first kappa shape index (κ1) is 12.1. The van der Waals surface area contributed by atoms with E-state index in [9.17, 15) is 0 Å². The minimum atomic E-state index is 0.292. The molecule has 0 amide bonds. The zero-order valence-corrected chi connectivity index (χ0v) is 10.4. The molecule has 2 rings (SSSR count). The third kappa shape index (κ3) is 1.92. The van der Waals surface area contributed by atoms with Crippen LogP contribution in [0.15, 0.2) is 22.9 Å². The monoisotopic (exact) mass is 250 g/mol. The Hall–Kier alpha value is -2.37. The van der Waals surface area contributed by atoms with Crippen molar-refractivity contribution in [1.29, 1.82) is 0 Å². The van der Waals surface area contributed by atoms with Crippen molar-refractivity contribution in [2.45, 2.75) is 0 Å². The molecule has 0 atom stereocenters. The second-order valence-electron chi connectivity index (χ2n) is 3.52. The van der Waals surface area contributed by atoms with E-state index in [1.807, 2.05) is 0 Å². The lowest BCUT2D eigenvalue weighted by molar-refractivity contribution is 0.349. The Morgan fingerprint density at radius 2 is 1.56 bits per heavy atom. The summed E-state index contributed by atoms with van der Waals surface area (Å²) in [5.41, 5.74) is 7.10. The lowest BCUT2D eigenvalue weighted by Gasteiger charge is -2.13. The van der Waals surface area contributed by atoms with E-state index in [1.165, 1.54) is 6.26 Å². The van der Waals surface area contributed by atoms with Crippen molar-refractivity contribution >= 4 is 5.82 Å². The number of nitrogen functional groups attached to an aromatic ring is 1. The lowest BCUT2D eigenvalue weighted by atomic mass is 10.1. The zero-order valence-electron chi connectivity index (χ0n) is 10.4. The van der Waals surface area contributed by atoms with E-state index in [-0.39, 0.29) is 0 Å². The molecule has 0 saturated heterocycles. The largest absolute Gasteiger partial charge is 0.496 e. The van der Waals surface area contributed by atoms with Gasteiger partial charge in [-0.2, -0.15) is 0 Å². The Morgan fingerprint density at radius 1 is 0.944 bits per heavy atom. The molecule has 0 aliphatic carbocycles. The molecule has 2 aromatic rings. The van der Waals surface area contributed by atoms with Crippen LogP contribution in [0.5, 0.6) is 17.2 Å². The Balaban J connectivity index is 2.62. The van der Waals surface area contributed by atoms with E-state index in [0.717, 1.165) is 5.56 Å². The number of methoxy groups -OCH3 is 3. The van der Waals surface area contributed by atoms with Crippen LogP contribution in [0.1, 0.15) is 0 Å². The molecule has 1 aromatic carbocycles. The second-order valence-corrected chi connectivity index (χ2v) is 3.52. The highest BCUT2D eigenvalue weighted by atomic mass is 16.5. The van der Waals surface area contributed by atoms with Crippen LogP contribution in [0.3, 0.4) is 0 Å². The Labute approximate surface area is 104 Å². The van der Waals surface area contributed by atoms with Crippen LogP contribution >= 0.6 is 0 Å². The fourth-order valence-electron chi connectivity index (χ4n) is 1.69. The molecule has 96 valence electrons. The minimum absolute atomic E-state index is 0.292. The van der Waals surface area contributed by atoms with E-state index in [2.05, 4.69) is 5.16 Å². The number of hydrogen-bond acceptors (Lipinski definition) is 6. The molecular weight excluding hydrogens is 236 g/mol. The van der Waals surface area contributed by atoms with E-state index in [4.69, 9.17) is 24.5 Å². The Kier molecular flexibility index (Phi) is 3.27. The number of hydrogen-bond donors (Lipinski definition) is 1. The number of nitrogens with zero attached hydrogens (tertiary/aromatic N) is 1. The standard InChI is InChI=1S/C12H14N2O4/c1-15-9-5-11(17-3)10(16-2)4-7(9)8-6-18-14-12(8)13/h4-6H,1-3H3,(H2,13,14). The SMILES string of the molecule is COc1cc(OC)c(-c2conc2N)cc1OC. The summed E-state index contributed by atoms with van der Waals surface area (Å²) in [6.07, 6.45) is 1.46. The predicted molar refractivity (Wildman–Crippen MR) is 66.0 cm³/mol. The molecule has 6 heteroatoms. The van der Waals surface area contributed by atoms with E-state index in [0.29, 0.717) is 28.6 Å². The summed E-state index contributed by atoms with van der Waals surface area (Å²) in [6, 6.07) is 3.49. The van der Waals surface area contributed by atoms with Gasteiger partial charge >= 0.3 is 0 Å². The quantitative estimate of drug-likeness (QED) is 0.893. The first-order valence-electron chi connectivity index (χ1n) is 5.21. The summed E-state index contributed by atoms with van der Waals surface area (Å²) >= 11 is 0. The third-order valence-electron chi connectivity index (χ3n) is 2.59. The number of anilines is 1. The Morgan fingerprint density at radius 3 is 2.06 bits per heavy atom. The van der Waals surface area contributed by atoms with Gasteiger partial charge in [0.1, 0.15) is 12.0 Å². The molecule has 0 radical (unpaired) electrons. The molecule has 0 fully saturated rings. The van der Waals surface area contributed by atoms with Crippen LogP contribution in [0.4, 0.5) is 5.82 Å². The normalized spacial score (nSPS) is 10.2. The molecule has 0 unspecified atom stereocenters. The average Bonchev–Trinajstić information content (AvgIpc) is 2.83. The molecule has 0 bridgehead atoms. The highest BCUT2D eigenvalue weighted by molar-refractivity contribution is 5.80. The third-order valence-corrected chi connectivity index (χ3v) is 2.59. The van der Waals surface area contributed by atoms with Gasteiger partial charge in [0, 0.05) is 11.6 Å². The van der Waals surface area contributed by atoms with Crippen LogP contribution in [0.25, 0.3) is 11.1 Å². The average molecular weight is 250 g/mol. The number of ether oxygens (including phenoxy) is 3. The molecule has 1 heterocycles. The van der Waals surface area contributed by atoms with Gasteiger partial charge in [-0.15, -0.1) is 0 Å². The first-order chi connectivity index (χ1) is 8.71. The van der Waals surface area contributed by atoms with E-state index >= 15 is 0 Å². The molecule has 0 aliphatic rings. The minimum Gasteiger partial charge on any atom is -0.496 e. The smallest absolute Gasteiger partial charge is 0.174 e. The van der Waals surface area contributed by atoms with Gasteiger partial charge in [0.15, 0.2) is 17.3 Å². The van der Waals surface area contributed by atoms with Gasteiger partial charge in [-0.3, -0.25) is 0 Å². The molecule has 0 aliphatic heterocycles. The lowest BCUT2D eigenvalue weighted by Crippen LogP contribution is -1.96. The van der Waals surface area contributed by atoms with Gasteiger partial charge < -0.3 is 24.5 Å². The van der Waals surface area contributed by atoms with Gasteiger partial charge in [0.25, 0.3) is 0 Å². The van der Waals surface area contributed by atoms with Gasteiger partial charge in [-0.25, -0.2) is 0 Å². The molecule has 18 heavy (non-hydrogen) atoms. The fourth-order valence-corrected chi connectivity index (χ4v) is 1.69. The molecule has 2 N–H and O–H groups in total. The molecule has 6 nitrogen and oxygen atoms in total. The van der Waals surface area contributed by atoms with Gasteiger partial charge in [0.2, 0.25) is 0 Å². The number of benzene rings is 1. The van der Waals surface area contributed by atoms with Crippen molar-refractivity contribution in [3.63, 3.8) is 0 Å². The molecule has 1 aromatic heterocycles. The summed E-state index contributed by atoms with van der Waals surface area (Å²) in [5, 5.41) is 3.64. The maximum atomic E-state index is 5.73. The van der Waals surface area contributed by atoms with Gasteiger partial charge in [-0.1, -0.05) is 5.16 Å².